The molecule has 2 fully saturated rings. The molecule has 0 aliphatic carbocycles. The van der Waals surface area contributed by atoms with Gasteiger partial charge in [-0.15, -0.1) is 0 Å². The van der Waals surface area contributed by atoms with Crippen molar-refractivity contribution in [3.8, 4) is 0 Å². The second-order valence-corrected chi connectivity index (χ2v) is 6.85. The van der Waals surface area contributed by atoms with Crippen LogP contribution in [-0.2, 0) is 11.2 Å². The average molecular weight is 266 g/mol. The minimum atomic E-state index is -0.475. The molecule has 1 aromatic rings. The number of nitrogens with zero attached hydrogens (tertiary/aromatic N) is 2. The minimum Gasteiger partial charge on any atom is -0.392 e. The van der Waals surface area contributed by atoms with E-state index in [0.29, 0.717) is 18.4 Å². The highest BCUT2D eigenvalue weighted by molar-refractivity contribution is 5.07. The predicted molar refractivity (Wildman–Crippen MR) is 68.7 cm³/mol. The number of aromatic nitrogens is 2. The van der Waals surface area contributed by atoms with Crippen LogP contribution in [0.5, 0.6) is 0 Å². The molecule has 2 saturated heterocycles. The summed E-state index contributed by atoms with van der Waals surface area (Å²) in [4.78, 5) is 4.45. The summed E-state index contributed by atoms with van der Waals surface area (Å²) in [6, 6.07) is 0. The largest absolute Gasteiger partial charge is 0.392 e. The zero-order chi connectivity index (χ0) is 13.6. The summed E-state index contributed by atoms with van der Waals surface area (Å²) in [7, 11) is 0. The second-order valence-electron chi connectivity index (χ2n) is 6.85. The van der Waals surface area contributed by atoms with Crippen LogP contribution in [0.1, 0.15) is 57.7 Å². The van der Waals surface area contributed by atoms with Gasteiger partial charge in [0.1, 0.15) is 0 Å². The van der Waals surface area contributed by atoms with Crippen LogP contribution in [0.25, 0.3) is 0 Å². The fourth-order valence-corrected chi connectivity index (χ4v) is 2.88. The molecule has 3 heterocycles. The Bertz CT molecular complexity index is 452. The van der Waals surface area contributed by atoms with E-state index in [0.717, 1.165) is 25.1 Å². The molecule has 1 aromatic heterocycles. The SMILES string of the molecule is CC(C)(C)C(O)Cc1nc(C2CC3CCC2O3)no1. The summed E-state index contributed by atoms with van der Waals surface area (Å²) < 4.78 is 11.1. The highest BCUT2D eigenvalue weighted by Gasteiger charge is 2.43. The van der Waals surface area contributed by atoms with Crippen molar-refractivity contribution in [2.45, 2.75) is 70.7 Å². The van der Waals surface area contributed by atoms with E-state index in [1.54, 1.807) is 0 Å². The van der Waals surface area contributed by atoms with E-state index in [2.05, 4.69) is 10.1 Å². The van der Waals surface area contributed by atoms with Gasteiger partial charge in [-0.05, 0) is 24.7 Å². The summed E-state index contributed by atoms with van der Waals surface area (Å²) in [5, 5.41) is 14.1. The zero-order valence-electron chi connectivity index (χ0n) is 11.8. The quantitative estimate of drug-likeness (QED) is 0.907. The molecule has 3 rings (SSSR count). The number of hydrogen-bond acceptors (Lipinski definition) is 5. The Balaban J connectivity index is 1.67. The van der Waals surface area contributed by atoms with Gasteiger partial charge < -0.3 is 14.4 Å². The highest BCUT2D eigenvalue weighted by Crippen LogP contribution is 2.43. The Labute approximate surface area is 113 Å². The van der Waals surface area contributed by atoms with Gasteiger partial charge in [0.15, 0.2) is 5.82 Å². The fourth-order valence-electron chi connectivity index (χ4n) is 2.88. The molecule has 5 nitrogen and oxygen atoms in total. The van der Waals surface area contributed by atoms with Crippen LogP contribution in [0.2, 0.25) is 0 Å². The van der Waals surface area contributed by atoms with Gasteiger partial charge in [-0.3, -0.25) is 0 Å². The average Bonchev–Trinajstić information content (AvgIpc) is 3.02. The molecule has 2 aliphatic rings. The van der Waals surface area contributed by atoms with E-state index in [9.17, 15) is 5.11 Å². The van der Waals surface area contributed by atoms with Crippen LogP contribution < -0.4 is 0 Å². The molecule has 2 aliphatic heterocycles. The fraction of sp³-hybridized carbons (Fsp3) is 0.857. The van der Waals surface area contributed by atoms with Crippen molar-refractivity contribution in [3.63, 3.8) is 0 Å². The first-order chi connectivity index (χ1) is 8.93. The standard InChI is InChI=1S/C14H22N2O3/c1-14(2,3)11(17)7-12-15-13(16-19-12)9-6-8-4-5-10(9)18-8/h8-11,17H,4-7H2,1-3H3. The lowest BCUT2D eigenvalue weighted by Crippen LogP contribution is -2.28. The zero-order valence-corrected chi connectivity index (χ0v) is 11.8. The second kappa shape index (κ2) is 4.56. The van der Waals surface area contributed by atoms with Crippen LogP contribution in [0.3, 0.4) is 0 Å². The third-order valence-corrected chi connectivity index (χ3v) is 4.29. The topological polar surface area (TPSA) is 68.4 Å². The van der Waals surface area contributed by atoms with Gasteiger partial charge in [-0.2, -0.15) is 4.98 Å². The Morgan fingerprint density at radius 1 is 1.37 bits per heavy atom. The van der Waals surface area contributed by atoms with Gasteiger partial charge in [0.25, 0.3) is 0 Å². The van der Waals surface area contributed by atoms with E-state index in [4.69, 9.17) is 9.26 Å². The number of aliphatic hydroxyl groups excluding tert-OH is 1. The van der Waals surface area contributed by atoms with Crippen molar-refractivity contribution in [2.24, 2.45) is 5.41 Å². The Morgan fingerprint density at radius 2 is 2.16 bits per heavy atom. The van der Waals surface area contributed by atoms with Crippen molar-refractivity contribution in [1.29, 1.82) is 0 Å². The van der Waals surface area contributed by atoms with Gasteiger partial charge in [0, 0.05) is 0 Å². The normalized spacial score (nSPS) is 31.9. The van der Waals surface area contributed by atoms with E-state index < -0.39 is 6.10 Å². The third-order valence-electron chi connectivity index (χ3n) is 4.29. The Hall–Kier alpha value is -0.940. The van der Waals surface area contributed by atoms with E-state index in [-0.39, 0.29) is 17.4 Å². The van der Waals surface area contributed by atoms with Gasteiger partial charge in [0.2, 0.25) is 5.89 Å². The van der Waals surface area contributed by atoms with E-state index in [1.807, 2.05) is 20.8 Å². The van der Waals surface area contributed by atoms with Crippen LogP contribution in [0.4, 0.5) is 0 Å². The molecule has 0 radical (unpaired) electrons. The number of hydrogen-bond donors (Lipinski definition) is 1. The molecular formula is C14H22N2O3. The molecule has 106 valence electrons. The summed E-state index contributed by atoms with van der Waals surface area (Å²) in [6.45, 7) is 6.00. The Kier molecular flexibility index (Phi) is 3.14. The molecule has 4 atom stereocenters. The predicted octanol–water partition coefficient (Wildman–Crippen LogP) is 2.05. The summed E-state index contributed by atoms with van der Waals surface area (Å²) in [5.74, 6) is 1.56. The van der Waals surface area contributed by atoms with Crippen LogP contribution in [0, 0.1) is 5.41 Å². The first kappa shape index (κ1) is 13.1. The van der Waals surface area contributed by atoms with Crippen molar-refractivity contribution >= 4 is 0 Å². The summed E-state index contributed by atoms with van der Waals surface area (Å²) >= 11 is 0. The molecule has 19 heavy (non-hydrogen) atoms. The number of aliphatic hydroxyl groups is 1. The lowest BCUT2D eigenvalue weighted by molar-refractivity contribution is 0.0565. The highest BCUT2D eigenvalue weighted by atomic mass is 16.5. The molecule has 5 heteroatoms. The Morgan fingerprint density at radius 3 is 2.74 bits per heavy atom. The molecule has 0 spiro atoms. The van der Waals surface area contributed by atoms with E-state index >= 15 is 0 Å². The minimum absolute atomic E-state index is 0.176. The molecular weight excluding hydrogens is 244 g/mol. The van der Waals surface area contributed by atoms with Crippen LogP contribution in [-0.4, -0.2) is 33.6 Å². The lowest BCUT2D eigenvalue weighted by Gasteiger charge is -2.24. The number of ether oxygens (including phenoxy) is 1. The van der Waals surface area contributed by atoms with Crippen LogP contribution >= 0.6 is 0 Å². The van der Waals surface area contributed by atoms with Crippen molar-refractivity contribution < 1.29 is 14.4 Å². The van der Waals surface area contributed by atoms with E-state index in [1.165, 1.54) is 0 Å². The number of fused-ring (bicyclic) bond motifs is 2. The molecule has 2 bridgehead atoms. The first-order valence-corrected chi connectivity index (χ1v) is 7.09. The van der Waals surface area contributed by atoms with Crippen molar-refractivity contribution in [2.75, 3.05) is 0 Å². The molecule has 0 amide bonds. The van der Waals surface area contributed by atoms with Crippen molar-refractivity contribution in [1.82, 2.24) is 10.1 Å². The van der Waals surface area contributed by atoms with Gasteiger partial charge in [-0.25, -0.2) is 0 Å². The molecule has 1 N–H and O–H groups in total. The monoisotopic (exact) mass is 266 g/mol. The smallest absolute Gasteiger partial charge is 0.229 e. The maximum atomic E-state index is 10.1. The maximum Gasteiger partial charge on any atom is 0.229 e. The lowest BCUT2D eigenvalue weighted by atomic mass is 9.87. The summed E-state index contributed by atoms with van der Waals surface area (Å²) in [5.41, 5.74) is -0.176. The number of rotatable bonds is 3. The van der Waals surface area contributed by atoms with Gasteiger partial charge in [-0.1, -0.05) is 25.9 Å². The third kappa shape index (κ3) is 2.54. The molecule has 0 aromatic carbocycles. The first-order valence-electron chi connectivity index (χ1n) is 7.09. The molecule has 4 unspecified atom stereocenters. The summed E-state index contributed by atoms with van der Waals surface area (Å²) in [6.07, 6.45) is 3.86. The van der Waals surface area contributed by atoms with Gasteiger partial charge >= 0.3 is 0 Å². The van der Waals surface area contributed by atoms with Gasteiger partial charge in [0.05, 0.1) is 30.7 Å². The molecule has 0 saturated carbocycles. The maximum absolute atomic E-state index is 10.1. The van der Waals surface area contributed by atoms with Crippen molar-refractivity contribution in [3.05, 3.63) is 11.7 Å². The van der Waals surface area contributed by atoms with Crippen LogP contribution in [0.15, 0.2) is 4.52 Å².